The van der Waals surface area contributed by atoms with E-state index in [4.69, 9.17) is 4.74 Å². The standard InChI is InChI=1S/C16H21N3O2/c1-11(2)14-6-4-5-7-15(14)21-10-16(20)19-12(3)13-8-17-18-9-13/h4-9,11-12H,10H2,1-3H3,(H,17,18)(H,19,20). The average Bonchev–Trinajstić information content (AvgIpc) is 2.99. The maximum absolute atomic E-state index is 11.9. The third kappa shape index (κ3) is 4.08. The number of nitrogens with one attached hydrogen (secondary N) is 2. The van der Waals surface area contributed by atoms with Crippen molar-refractivity contribution in [2.24, 2.45) is 0 Å². The van der Waals surface area contributed by atoms with Crippen LogP contribution in [-0.4, -0.2) is 22.7 Å². The Balaban J connectivity index is 1.90. The average molecular weight is 287 g/mol. The Labute approximate surface area is 124 Å². The van der Waals surface area contributed by atoms with Crippen LogP contribution in [0.15, 0.2) is 36.7 Å². The van der Waals surface area contributed by atoms with E-state index in [2.05, 4.69) is 29.4 Å². The first-order chi connectivity index (χ1) is 10.1. The summed E-state index contributed by atoms with van der Waals surface area (Å²) in [7, 11) is 0. The maximum atomic E-state index is 11.9. The number of amides is 1. The van der Waals surface area contributed by atoms with Gasteiger partial charge in [-0.3, -0.25) is 9.89 Å². The van der Waals surface area contributed by atoms with Crippen molar-refractivity contribution in [3.05, 3.63) is 47.8 Å². The van der Waals surface area contributed by atoms with Gasteiger partial charge in [0.15, 0.2) is 6.61 Å². The third-order valence-corrected chi connectivity index (χ3v) is 3.30. The van der Waals surface area contributed by atoms with Gasteiger partial charge in [0, 0.05) is 11.8 Å². The SMILES string of the molecule is CC(C)c1ccccc1OCC(=O)NC(C)c1cn[nH]c1. The molecule has 0 aliphatic rings. The first kappa shape index (κ1) is 15.1. The fourth-order valence-corrected chi connectivity index (χ4v) is 2.10. The van der Waals surface area contributed by atoms with Crippen molar-refractivity contribution in [2.75, 3.05) is 6.61 Å². The smallest absolute Gasteiger partial charge is 0.258 e. The van der Waals surface area contributed by atoms with E-state index in [1.54, 1.807) is 12.4 Å². The van der Waals surface area contributed by atoms with Crippen LogP contribution in [0.3, 0.4) is 0 Å². The molecule has 2 aromatic rings. The first-order valence-corrected chi connectivity index (χ1v) is 7.07. The molecule has 1 aromatic carbocycles. The molecule has 21 heavy (non-hydrogen) atoms. The van der Waals surface area contributed by atoms with E-state index in [9.17, 15) is 4.79 Å². The molecular formula is C16H21N3O2. The van der Waals surface area contributed by atoms with Crippen molar-refractivity contribution in [3.8, 4) is 5.75 Å². The molecule has 1 atom stereocenters. The Kier molecular flexibility index (Phi) is 4.98. The predicted octanol–water partition coefficient (Wildman–Crippen LogP) is 2.79. The molecule has 1 unspecified atom stereocenters. The highest BCUT2D eigenvalue weighted by atomic mass is 16.5. The van der Waals surface area contributed by atoms with E-state index in [0.717, 1.165) is 16.9 Å². The van der Waals surface area contributed by atoms with Crippen LogP contribution in [0.5, 0.6) is 5.75 Å². The van der Waals surface area contributed by atoms with Gasteiger partial charge in [-0.2, -0.15) is 5.10 Å². The Hall–Kier alpha value is -2.30. The summed E-state index contributed by atoms with van der Waals surface area (Å²) in [5.74, 6) is 0.968. The van der Waals surface area contributed by atoms with Gasteiger partial charge in [0.25, 0.3) is 5.91 Å². The zero-order valence-corrected chi connectivity index (χ0v) is 12.6. The largest absolute Gasteiger partial charge is 0.483 e. The summed E-state index contributed by atoms with van der Waals surface area (Å²) in [6, 6.07) is 7.70. The molecule has 2 rings (SSSR count). The number of hydrogen-bond acceptors (Lipinski definition) is 3. The quantitative estimate of drug-likeness (QED) is 0.858. The van der Waals surface area contributed by atoms with Crippen LogP contribution in [0.2, 0.25) is 0 Å². The van der Waals surface area contributed by atoms with Crippen LogP contribution in [-0.2, 0) is 4.79 Å². The number of rotatable bonds is 6. The molecular weight excluding hydrogens is 266 g/mol. The lowest BCUT2D eigenvalue weighted by molar-refractivity contribution is -0.123. The van der Waals surface area contributed by atoms with E-state index in [-0.39, 0.29) is 18.6 Å². The number of H-pyrrole nitrogens is 1. The molecule has 0 bridgehead atoms. The molecule has 5 heteroatoms. The van der Waals surface area contributed by atoms with Crippen LogP contribution in [0, 0.1) is 0 Å². The lowest BCUT2D eigenvalue weighted by Gasteiger charge is -2.15. The molecule has 5 nitrogen and oxygen atoms in total. The zero-order chi connectivity index (χ0) is 15.2. The van der Waals surface area contributed by atoms with Gasteiger partial charge in [-0.1, -0.05) is 32.0 Å². The number of aromatic nitrogens is 2. The van der Waals surface area contributed by atoms with E-state index in [1.807, 2.05) is 31.2 Å². The van der Waals surface area contributed by atoms with Gasteiger partial charge >= 0.3 is 0 Å². The number of ether oxygens (including phenoxy) is 1. The third-order valence-electron chi connectivity index (χ3n) is 3.30. The second kappa shape index (κ2) is 6.92. The van der Waals surface area contributed by atoms with Crippen molar-refractivity contribution < 1.29 is 9.53 Å². The van der Waals surface area contributed by atoms with E-state index in [0.29, 0.717) is 5.92 Å². The van der Waals surface area contributed by atoms with E-state index in [1.165, 1.54) is 0 Å². The van der Waals surface area contributed by atoms with Gasteiger partial charge in [-0.25, -0.2) is 0 Å². The van der Waals surface area contributed by atoms with Gasteiger partial charge in [0.05, 0.1) is 12.2 Å². The Bertz CT molecular complexity index is 579. The van der Waals surface area contributed by atoms with Crippen LogP contribution < -0.4 is 10.1 Å². The van der Waals surface area contributed by atoms with Crippen molar-refractivity contribution in [1.29, 1.82) is 0 Å². The first-order valence-electron chi connectivity index (χ1n) is 7.07. The Morgan fingerprint density at radius 2 is 2.10 bits per heavy atom. The molecule has 0 aliphatic heterocycles. The highest BCUT2D eigenvalue weighted by Gasteiger charge is 2.12. The van der Waals surface area contributed by atoms with Crippen LogP contribution in [0.1, 0.15) is 43.9 Å². The zero-order valence-electron chi connectivity index (χ0n) is 12.6. The van der Waals surface area contributed by atoms with Crippen LogP contribution >= 0.6 is 0 Å². The lowest BCUT2D eigenvalue weighted by atomic mass is 10.0. The Morgan fingerprint density at radius 3 is 2.76 bits per heavy atom. The molecule has 1 aromatic heterocycles. The summed E-state index contributed by atoms with van der Waals surface area (Å²) in [5.41, 5.74) is 2.04. The number of carbonyl (C=O) groups is 1. The molecule has 1 amide bonds. The molecule has 0 radical (unpaired) electrons. The van der Waals surface area contributed by atoms with Gasteiger partial charge in [-0.05, 0) is 24.5 Å². The fourth-order valence-electron chi connectivity index (χ4n) is 2.10. The number of benzene rings is 1. The molecule has 0 aliphatic carbocycles. The summed E-state index contributed by atoms with van der Waals surface area (Å²) >= 11 is 0. The minimum Gasteiger partial charge on any atom is -0.483 e. The second-order valence-corrected chi connectivity index (χ2v) is 5.30. The Morgan fingerprint density at radius 1 is 1.33 bits per heavy atom. The fraction of sp³-hybridized carbons (Fsp3) is 0.375. The van der Waals surface area contributed by atoms with Crippen molar-refractivity contribution >= 4 is 5.91 Å². The van der Waals surface area contributed by atoms with E-state index >= 15 is 0 Å². The summed E-state index contributed by atoms with van der Waals surface area (Å²) in [5, 5.41) is 9.47. The number of carbonyl (C=O) groups excluding carboxylic acids is 1. The number of para-hydroxylation sites is 1. The summed E-state index contributed by atoms with van der Waals surface area (Å²) in [6.07, 6.45) is 3.46. The van der Waals surface area contributed by atoms with Crippen LogP contribution in [0.25, 0.3) is 0 Å². The number of hydrogen-bond donors (Lipinski definition) is 2. The molecule has 0 saturated carbocycles. The highest BCUT2D eigenvalue weighted by molar-refractivity contribution is 5.78. The predicted molar refractivity (Wildman–Crippen MR) is 81.2 cm³/mol. The number of nitrogens with zero attached hydrogens (tertiary/aromatic N) is 1. The maximum Gasteiger partial charge on any atom is 0.258 e. The summed E-state index contributed by atoms with van der Waals surface area (Å²) < 4.78 is 5.64. The molecule has 0 fully saturated rings. The van der Waals surface area contributed by atoms with Crippen molar-refractivity contribution in [1.82, 2.24) is 15.5 Å². The van der Waals surface area contributed by atoms with Gasteiger partial charge in [0.2, 0.25) is 0 Å². The normalized spacial score (nSPS) is 12.2. The van der Waals surface area contributed by atoms with Gasteiger partial charge < -0.3 is 10.1 Å². The summed E-state index contributed by atoms with van der Waals surface area (Å²) in [4.78, 5) is 11.9. The van der Waals surface area contributed by atoms with Crippen molar-refractivity contribution in [3.63, 3.8) is 0 Å². The molecule has 1 heterocycles. The van der Waals surface area contributed by atoms with Gasteiger partial charge in [0.1, 0.15) is 5.75 Å². The summed E-state index contributed by atoms with van der Waals surface area (Å²) in [6.45, 7) is 6.11. The second-order valence-electron chi connectivity index (χ2n) is 5.30. The lowest BCUT2D eigenvalue weighted by Crippen LogP contribution is -2.31. The topological polar surface area (TPSA) is 67.0 Å². The van der Waals surface area contributed by atoms with Crippen LogP contribution in [0.4, 0.5) is 0 Å². The molecule has 2 N–H and O–H groups in total. The monoisotopic (exact) mass is 287 g/mol. The molecule has 0 saturated heterocycles. The molecule has 112 valence electrons. The van der Waals surface area contributed by atoms with Crippen molar-refractivity contribution in [2.45, 2.75) is 32.7 Å². The molecule has 0 spiro atoms. The number of aromatic amines is 1. The van der Waals surface area contributed by atoms with Gasteiger partial charge in [-0.15, -0.1) is 0 Å². The minimum atomic E-state index is -0.151. The minimum absolute atomic E-state index is 0.00588. The van der Waals surface area contributed by atoms with E-state index < -0.39 is 0 Å². The highest BCUT2D eigenvalue weighted by Crippen LogP contribution is 2.25.